The molecule has 0 radical (unpaired) electrons. The molecule has 0 amide bonds. The number of aromatic nitrogens is 2. The van der Waals surface area contributed by atoms with Gasteiger partial charge in [-0.3, -0.25) is 0 Å². The molecule has 0 bridgehead atoms. The molecule has 0 unspecified atom stereocenters. The predicted molar refractivity (Wildman–Crippen MR) is 54.1 cm³/mol. The van der Waals surface area contributed by atoms with Crippen molar-refractivity contribution in [1.29, 1.82) is 0 Å². The summed E-state index contributed by atoms with van der Waals surface area (Å²) in [7, 11) is 1.89. The average molecular weight is 192 g/mol. The monoisotopic (exact) mass is 192 g/mol. The van der Waals surface area contributed by atoms with E-state index in [2.05, 4.69) is 9.97 Å². The van der Waals surface area contributed by atoms with Crippen LogP contribution in [-0.4, -0.2) is 30.1 Å². The molecule has 0 aromatic carbocycles. The molecule has 0 saturated carbocycles. The fourth-order valence-electron chi connectivity index (χ4n) is 1.21. The highest BCUT2D eigenvalue weighted by Crippen LogP contribution is 2.18. The van der Waals surface area contributed by atoms with E-state index in [1.807, 2.05) is 24.1 Å². The number of hydrogen-bond donors (Lipinski definition) is 1. The summed E-state index contributed by atoms with van der Waals surface area (Å²) in [6.45, 7) is 1.29. The second-order valence-corrected chi connectivity index (χ2v) is 3.03. The molecule has 74 valence electrons. The van der Waals surface area contributed by atoms with Crippen LogP contribution in [0, 0.1) is 0 Å². The molecule has 0 fully saturated rings. The van der Waals surface area contributed by atoms with Gasteiger partial charge < -0.3 is 15.1 Å². The van der Waals surface area contributed by atoms with E-state index in [-0.39, 0.29) is 0 Å². The predicted octanol–water partition coefficient (Wildman–Crippen LogP) is 0.618. The third-order valence-electron chi connectivity index (χ3n) is 1.94. The number of fused-ring (bicyclic) bond motifs is 1. The first-order valence-electron chi connectivity index (χ1n) is 4.44. The highest BCUT2D eigenvalue weighted by molar-refractivity contribution is 5.69. The molecule has 2 rings (SSSR count). The zero-order valence-corrected chi connectivity index (χ0v) is 7.97. The summed E-state index contributed by atoms with van der Waals surface area (Å²) in [6.07, 6.45) is 1.69. The Bertz CT molecular complexity index is 392. The molecule has 0 aliphatic carbocycles. The van der Waals surface area contributed by atoms with Crippen molar-refractivity contribution in [3.05, 3.63) is 18.3 Å². The van der Waals surface area contributed by atoms with Crippen LogP contribution in [0.25, 0.3) is 11.2 Å². The Hall–Kier alpha value is -1.62. The van der Waals surface area contributed by atoms with E-state index in [0.717, 1.165) is 0 Å². The van der Waals surface area contributed by atoms with E-state index < -0.39 is 0 Å². The third kappa shape index (κ3) is 1.54. The van der Waals surface area contributed by atoms with Gasteiger partial charge in [0.2, 0.25) is 5.65 Å². The fourth-order valence-corrected chi connectivity index (χ4v) is 1.21. The molecule has 5 heteroatoms. The third-order valence-corrected chi connectivity index (χ3v) is 1.94. The van der Waals surface area contributed by atoms with Gasteiger partial charge in [0, 0.05) is 26.3 Å². The maximum Gasteiger partial charge on any atom is 0.299 e. The van der Waals surface area contributed by atoms with E-state index in [9.17, 15) is 0 Å². The van der Waals surface area contributed by atoms with Crippen LogP contribution in [-0.2, 0) is 0 Å². The Kier molecular flexibility index (Phi) is 2.32. The number of rotatable bonds is 3. The average Bonchev–Trinajstić information content (AvgIpc) is 2.61. The molecule has 2 aromatic rings. The van der Waals surface area contributed by atoms with Crippen molar-refractivity contribution in [2.24, 2.45) is 5.73 Å². The van der Waals surface area contributed by atoms with Gasteiger partial charge in [-0.15, -0.1) is 0 Å². The summed E-state index contributed by atoms with van der Waals surface area (Å²) in [4.78, 5) is 10.2. The molecule has 0 atom stereocenters. The van der Waals surface area contributed by atoms with Gasteiger partial charge in [-0.25, -0.2) is 4.98 Å². The first kappa shape index (κ1) is 8.96. The van der Waals surface area contributed by atoms with Crippen LogP contribution in [0.1, 0.15) is 0 Å². The Balaban J connectivity index is 2.35. The van der Waals surface area contributed by atoms with Gasteiger partial charge in [0.25, 0.3) is 6.01 Å². The number of likely N-dealkylation sites (N-methyl/N-ethyl adjacent to an activating group) is 1. The van der Waals surface area contributed by atoms with Crippen LogP contribution in [0.3, 0.4) is 0 Å². The summed E-state index contributed by atoms with van der Waals surface area (Å²) in [5.41, 5.74) is 6.77. The number of oxazole rings is 1. The molecule has 2 aromatic heterocycles. The molecule has 2 heterocycles. The quantitative estimate of drug-likeness (QED) is 0.772. The van der Waals surface area contributed by atoms with Crippen molar-refractivity contribution in [2.75, 3.05) is 25.0 Å². The van der Waals surface area contributed by atoms with Crippen LogP contribution in [0.15, 0.2) is 22.7 Å². The number of nitrogens with two attached hydrogens (primary N) is 1. The lowest BCUT2D eigenvalue weighted by atomic mass is 10.5. The molecular weight excluding hydrogens is 180 g/mol. The number of pyridine rings is 1. The topological polar surface area (TPSA) is 68.2 Å². The Labute approximate surface area is 81.5 Å². The fraction of sp³-hybridized carbons (Fsp3) is 0.333. The zero-order valence-electron chi connectivity index (χ0n) is 7.97. The Morgan fingerprint density at radius 2 is 2.43 bits per heavy atom. The standard InChI is InChI=1S/C9H12N4O/c1-13(6-4-10)9-12-8-7(14-9)3-2-5-11-8/h2-3,5H,4,6,10H2,1H3. The van der Waals surface area contributed by atoms with Crippen LogP contribution in [0.4, 0.5) is 6.01 Å². The van der Waals surface area contributed by atoms with Gasteiger partial charge >= 0.3 is 0 Å². The summed E-state index contributed by atoms with van der Waals surface area (Å²) in [5, 5.41) is 0. The van der Waals surface area contributed by atoms with Crippen molar-refractivity contribution >= 4 is 17.2 Å². The minimum atomic E-state index is 0.559. The van der Waals surface area contributed by atoms with Crippen molar-refractivity contribution < 1.29 is 4.42 Å². The molecule has 0 saturated heterocycles. The van der Waals surface area contributed by atoms with Crippen LogP contribution < -0.4 is 10.6 Å². The van der Waals surface area contributed by atoms with Crippen molar-refractivity contribution in [1.82, 2.24) is 9.97 Å². The number of nitrogens with zero attached hydrogens (tertiary/aromatic N) is 3. The van der Waals surface area contributed by atoms with E-state index in [1.165, 1.54) is 0 Å². The minimum Gasteiger partial charge on any atom is -0.422 e. The molecule has 14 heavy (non-hydrogen) atoms. The summed E-state index contributed by atoms with van der Waals surface area (Å²) >= 11 is 0. The second-order valence-electron chi connectivity index (χ2n) is 3.03. The highest BCUT2D eigenvalue weighted by atomic mass is 16.4. The second kappa shape index (κ2) is 3.63. The van der Waals surface area contributed by atoms with Crippen LogP contribution in [0.5, 0.6) is 0 Å². The van der Waals surface area contributed by atoms with Gasteiger partial charge in [-0.2, -0.15) is 4.98 Å². The highest BCUT2D eigenvalue weighted by Gasteiger charge is 2.09. The molecule has 2 N–H and O–H groups in total. The number of hydrogen-bond acceptors (Lipinski definition) is 5. The Morgan fingerprint density at radius 3 is 3.14 bits per heavy atom. The van der Waals surface area contributed by atoms with Gasteiger partial charge in [0.05, 0.1) is 0 Å². The summed E-state index contributed by atoms with van der Waals surface area (Å²) in [6, 6.07) is 4.22. The normalized spacial score (nSPS) is 10.7. The van der Waals surface area contributed by atoms with Crippen molar-refractivity contribution in [3.8, 4) is 0 Å². The van der Waals surface area contributed by atoms with Crippen molar-refractivity contribution in [2.45, 2.75) is 0 Å². The smallest absolute Gasteiger partial charge is 0.299 e. The molecule has 0 aliphatic heterocycles. The van der Waals surface area contributed by atoms with Crippen LogP contribution in [0.2, 0.25) is 0 Å². The van der Waals surface area contributed by atoms with Gasteiger partial charge in [0.1, 0.15) is 0 Å². The Morgan fingerprint density at radius 1 is 1.57 bits per heavy atom. The molecule has 5 nitrogen and oxygen atoms in total. The lowest BCUT2D eigenvalue weighted by molar-refractivity contribution is 0.584. The lowest BCUT2D eigenvalue weighted by Crippen LogP contribution is -2.25. The first-order valence-corrected chi connectivity index (χ1v) is 4.44. The summed E-state index contributed by atoms with van der Waals surface area (Å²) in [5.74, 6) is 0. The minimum absolute atomic E-state index is 0.559. The van der Waals surface area contributed by atoms with Crippen LogP contribution >= 0.6 is 0 Å². The number of anilines is 1. The summed E-state index contributed by atoms with van der Waals surface area (Å²) < 4.78 is 5.48. The maximum absolute atomic E-state index is 5.48. The first-order chi connectivity index (χ1) is 6.81. The van der Waals surface area contributed by atoms with Gasteiger partial charge in [0.15, 0.2) is 5.58 Å². The van der Waals surface area contributed by atoms with E-state index in [0.29, 0.717) is 30.3 Å². The zero-order chi connectivity index (χ0) is 9.97. The lowest BCUT2D eigenvalue weighted by Gasteiger charge is -2.11. The molecular formula is C9H12N4O. The molecule has 0 aliphatic rings. The van der Waals surface area contributed by atoms with Gasteiger partial charge in [-0.05, 0) is 12.1 Å². The van der Waals surface area contributed by atoms with E-state index >= 15 is 0 Å². The largest absolute Gasteiger partial charge is 0.422 e. The van der Waals surface area contributed by atoms with E-state index in [1.54, 1.807) is 6.20 Å². The van der Waals surface area contributed by atoms with E-state index in [4.69, 9.17) is 10.2 Å². The van der Waals surface area contributed by atoms with Gasteiger partial charge in [-0.1, -0.05) is 0 Å². The van der Waals surface area contributed by atoms with Crippen molar-refractivity contribution in [3.63, 3.8) is 0 Å². The molecule has 0 spiro atoms. The maximum atomic E-state index is 5.48. The SMILES string of the molecule is CN(CCN)c1nc2ncccc2o1.